The molecule has 0 amide bonds. The molecule has 0 unspecified atom stereocenters. The van der Waals surface area contributed by atoms with E-state index >= 15 is 0 Å². The van der Waals surface area contributed by atoms with Crippen molar-refractivity contribution < 1.29 is 10.0 Å². The number of halogens is 1. The number of aromatic hydroxyl groups is 1. The molecule has 0 fully saturated rings. The first-order valence-electron chi connectivity index (χ1n) is 3.16. The molecule has 0 heterocycles. The van der Waals surface area contributed by atoms with Gasteiger partial charge in [-0.25, -0.2) is 0 Å². The summed E-state index contributed by atoms with van der Waals surface area (Å²) in [6.45, 7) is 1.57. The summed E-state index contributed by atoms with van der Waals surface area (Å²) in [5, 5.41) is 19.5. The van der Waals surface area contributed by atoms with Gasteiger partial charge in [-0.05, 0) is 18.6 Å². The molecule has 0 aliphatic carbocycles. The molecule has 0 aliphatic heterocycles. The Hall–Kier alpha value is -1.29. The third-order valence-electron chi connectivity index (χ3n) is 1.49. The second-order valence-corrected chi connectivity index (χ2v) is 2.73. The van der Waals surface area contributed by atoms with Gasteiger partial charge in [0.05, 0.1) is 4.92 Å². The average molecular weight is 188 g/mol. The van der Waals surface area contributed by atoms with E-state index in [0.29, 0.717) is 5.56 Å². The zero-order valence-corrected chi connectivity index (χ0v) is 7.00. The van der Waals surface area contributed by atoms with Gasteiger partial charge in [0.1, 0.15) is 5.02 Å². The molecule has 12 heavy (non-hydrogen) atoms. The third kappa shape index (κ3) is 1.33. The molecule has 0 saturated carbocycles. The Kier molecular flexibility index (Phi) is 2.19. The minimum absolute atomic E-state index is 0.0527. The smallest absolute Gasteiger partial charge is 0.329 e. The maximum absolute atomic E-state index is 10.4. The molecule has 1 N–H and O–H groups in total. The minimum atomic E-state index is -0.704. The fourth-order valence-corrected chi connectivity index (χ4v) is 1.05. The van der Waals surface area contributed by atoms with E-state index in [-0.39, 0.29) is 10.8 Å². The highest BCUT2D eigenvalue weighted by Gasteiger charge is 2.19. The molecule has 0 aromatic heterocycles. The number of benzene rings is 1. The van der Waals surface area contributed by atoms with Crippen LogP contribution in [0.15, 0.2) is 12.1 Å². The van der Waals surface area contributed by atoms with Crippen LogP contribution in [0.5, 0.6) is 5.75 Å². The van der Waals surface area contributed by atoms with E-state index in [1.165, 1.54) is 12.1 Å². The SMILES string of the molecule is Cc1ccc(Cl)c([N+](=O)[O-])c1O. The molecule has 0 spiro atoms. The quantitative estimate of drug-likeness (QED) is 0.542. The van der Waals surface area contributed by atoms with Crippen LogP contribution in [0, 0.1) is 17.0 Å². The van der Waals surface area contributed by atoms with Crippen molar-refractivity contribution in [1.29, 1.82) is 0 Å². The lowest BCUT2D eigenvalue weighted by Gasteiger charge is -2.00. The van der Waals surface area contributed by atoms with Crippen LogP contribution in [0.3, 0.4) is 0 Å². The summed E-state index contributed by atoms with van der Waals surface area (Å²) in [6, 6.07) is 2.90. The lowest BCUT2D eigenvalue weighted by atomic mass is 10.2. The lowest BCUT2D eigenvalue weighted by molar-refractivity contribution is -0.385. The maximum atomic E-state index is 10.4. The highest BCUT2D eigenvalue weighted by Crippen LogP contribution is 2.35. The van der Waals surface area contributed by atoms with Gasteiger partial charge in [-0.1, -0.05) is 17.7 Å². The number of nitrogens with zero attached hydrogens (tertiary/aromatic N) is 1. The number of aryl methyl sites for hydroxylation is 1. The molecule has 0 atom stereocenters. The highest BCUT2D eigenvalue weighted by atomic mass is 35.5. The number of phenolic OH excluding ortho intramolecular Hbond substituents is 1. The van der Waals surface area contributed by atoms with Crippen LogP contribution in [-0.4, -0.2) is 10.0 Å². The van der Waals surface area contributed by atoms with Crippen molar-refractivity contribution in [2.45, 2.75) is 6.92 Å². The molecule has 64 valence electrons. The molecule has 0 radical (unpaired) electrons. The van der Waals surface area contributed by atoms with Gasteiger partial charge >= 0.3 is 5.69 Å². The second kappa shape index (κ2) is 2.98. The summed E-state index contributed by atoms with van der Waals surface area (Å²) < 4.78 is 0. The Bertz CT molecular complexity index is 338. The van der Waals surface area contributed by atoms with Gasteiger partial charge in [-0.15, -0.1) is 0 Å². The van der Waals surface area contributed by atoms with Crippen molar-refractivity contribution in [2.75, 3.05) is 0 Å². The normalized spacial score (nSPS) is 9.83. The zero-order chi connectivity index (χ0) is 9.30. The summed E-state index contributed by atoms with van der Waals surface area (Å²) in [4.78, 5) is 9.65. The van der Waals surface area contributed by atoms with Crippen molar-refractivity contribution in [3.63, 3.8) is 0 Å². The van der Waals surface area contributed by atoms with Crippen LogP contribution in [-0.2, 0) is 0 Å². The van der Waals surface area contributed by atoms with E-state index in [1.54, 1.807) is 6.92 Å². The van der Waals surface area contributed by atoms with Crippen molar-refractivity contribution in [3.05, 3.63) is 32.8 Å². The molecule has 1 aromatic carbocycles. The molecular weight excluding hydrogens is 182 g/mol. The summed E-state index contributed by atoms with van der Waals surface area (Å²) in [7, 11) is 0. The summed E-state index contributed by atoms with van der Waals surface area (Å²) in [5.74, 6) is -0.368. The van der Waals surface area contributed by atoms with Gasteiger partial charge in [-0.2, -0.15) is 0 Å². The van der Waals surface area contributed by atoms with E-state index in [0.717, 1.165) is 0 Å². The van der Waals surface area contributed by atoms with Gasteiger partial charge < -0.3 is 5.11 Å². The van der Waals surface area contributed by atoms with Gasteiger partial charge in [0.25, 0.3) is 0 Å². The number of hydrogen-bond donors (Lipinski definition) is 1. The number of rotatable bonds is 1. The van der Waals surface area contributed by atoms with E-state index in [1.807, 2.05) is 0 Å². The van der Waals surface area contributed by atoms with Crippen LogP contribution in [0.25, 0.3) is 0 Å². The van der Waals surface area contributed by atoms with E-state index in [2.05, 4.69) is 0 Å². The summed E-state index contributed by atoms with van der Waals surface area (Å²) >= 11 is 5.49. The lowest BCUT2D eigenvalue weighted by Crippen LogP contribution is -1.91. The maximum Gasteiger partial charge on any atom is 0.329 e. The molecule has 1 aromatic rings. The average Bonchev–Trinajstić information content (AvgIpc) is 1.97. The van der Waals surface area contributed by atoms with Crippen molar-refractivity contribution in [2.24, 2.45) is 0 Å². The number of hydrogen-bond acceptors (Lipinski definition) is 3. The van der Waals surface area contributed by atoms with E-state index < -0.39 is 10.6 Å². The Morgan fingerprint density at radius 3 is 2.58 bits per heavy atom. The van der Waals surface area contributed by atoms with Gasteiger partial charge in [0.15, 0.2) is 5.75 Å². The Morgan fingerprint density at radius 2 is 2.17 bits per heavy atom. The topological polar surface area (TPSA) is 63.4 Å². The number of nitro groups is 1. The van der Waals surface area contributed by atoms with Crippen molar-refractivity contribution >= 4 is 17.3 Å². The molecule has 0 bridgehead atoms. The minimum Gasteiger partial charge on any atom is -0.502 e. The number of phenols is 1. The van der Waals surface area contributed by atoms with Crippen LogP contribution >= 0.6 is 11.6 Å². The zero-order valence-electron chi connectivity index (χ0n) is 6.24. The summed E-state index contributed by atoms with van der Waals surface area (Å²) in [6.07, 6.45) is 0. The van der Waals surface area contributed by atoms with Crippen LogP contribution in [0.2, 0.25) is 5.02 Å². The van der Waals surface area contributed by atoms with Crippen LogP contribution in [0.1, 0.15) is 5.56 Å². The molecule has 0 aliphatic rings. The number of nitro benzene ring substituents is 1. The summed E-state index contributed by atoms with van der Waals surface area (Å²) in [5.41, 5.74) is 0.00256. The molecular formula is C7H6ClNO3. The van der Waals surface area contributed by atoms with Crippen LogP contribution in [0.4, 0.5) is 5.69 Å². The Morgan fingerprint density at radius 1 is 1.58 bits per heavy atom. The standard InChI is InChI=1S/C7H6ClNO3/c1-4-2-3-5(8)6(7(4)10)9(11)12/h2-3,10H,1H3. The van der Waals surface area contributed by atoms with Gasteiger partial charge in [0, 0.05) is 0 Å². The van der Waals surface area contributed by atoms with Crippen molar-refractivity contribution in [3.8, 4) is 5.75 Å². The fourth-order valence-electron chi connectivity index (χ4n) is 0.830. The molecule has 5 heteroatoms. The molecule has 1 rings (SSSR count). The Labute approximate surface area is 73.5 Å². The monoisotopic (exact) mass is 187 g/mol. The van der Waals surface area contributed by atoms with E-state index in [9.17, 15) is 15.2 Å². The Balaban J connectivity index is 3.43. The first kappa shape index (κ1) is 8.80. The van der Waals surface area contributed by atoms with Crippen LogP contribution < -0.4 is 0 Å². The fraction of sp³-hybridized carbons (Fsp3) is 0.143. The third-order valence-corrected chi connectivity index (χ3v) is 1.79. The largest absolute Gasteiger partial charge is 0.502 e. The van der Waals surface area contributed by atoms with E-state index in [4.69, 9.17) is 11.6 Å². The second-order valence-electron chi connectivity index (χ2n) is 2.32. The van der Waals surface area contributed by atoms with Gasteiger partial charge in [0.2, 0.25) is 0 Å². The first-order chi connectivity index (χ1) is 5.54. The predicted molar refractivity (Wildman–Crippen MR) is 44.5 cm³/mol. The predicted octanol–water partition coefficient (Wildman–Crippen LogP) is 2.26. The highest BCUT2D eigenvalue weighted by molar-refractivity contribution is 6.33. The molecule has 0 saturated heterocycles. The van der Waals surface area contributed by atoms with Crippen molar-refractivity contribution in [1.82, 2.24) is 0 Å². The molecule has 4 nitrogen and oxygen atoms in total. The van der Waals surface area contributed by atoms with Gasteiger partial charge in [-0.3, -0.25) is 10.1 Å². The first-order valence-corrected chi connectivity index (χ1v) is 3.54.